The van der Waals surface area contributed by atoms with E-state index in [0.717, 1.165) is 12.2 Å². The first-order chi connectivity index (χ1) is 6.45. The van der Waals surface area contributed by atoms with E-state index < -0.39 is 0 Å². The zero-order chi connectivity index (χ0) is 10.8. The van der Waals surface area contributed by atoms with Crippen molar-refractivity contribution in [2.45, 2.75) is 27.2 Å². The van der Waals surface area contributed by atoms with E-state index in [1.165, 1.54) is 0 Å². The second-order valence-corrected chi connectivity index (χ2v) is 5.03. The average molecular weight is 216 g/mol. The first-order valence-electron chi connectivity index (χ1n) is 4.84. The van der Waals surface area contributed by atoms with Crippen molar-refractivity contribution in [3.8, 4) is 0 Å². The van der Waals surface area contributed by atoms with Crippen LogP contribution in [-0.4, -0.2) is 20.6 Å². The Morgan fingerprint density at radius 1 is 1.50 bits per heavy atom. The summed E-state index contributed by atoms with van der Waals surface area (Å²) in [5.41, 5.74) is 0.216. The van der Waals surface area contributed by atoms with Crippen LogP contribution in [0.3, 0.4) is 0 Å². The van der Waals surface area contributed by atoms with E-state index in [4.69, 9.17) is 11.6 Å². The summed E-state index contributed by atoms with van der Waals surface area (Å²) in [4.78, 5) is 4.21. The van der Waals surface area contributed by atoms with Gasteiger partial charge in [0.25, 0.3) is 0 Å². The van der Waals surface area contributed by atoms with E-state index >= 15 is 0 Å². The summed E-state index contributed by atoms with van der Waals surface area (Å²) in [6.07, 6.45) is 2.48. The van der Waals surface area contributed by atoms with Crippen molar-refractivity contribution in [1.82, 2.24) is 14.8 Å². The Labute approximate surface area is 90.5 Å². The zero-order valence-electron chi connectivity index (χ0n) is 9.29. The van der Waals surface area contributed by atoms with Crippen LogP contribution in [0.25, 0.3) is 0 Å². The van der Waals surface area contributed by atoms with Crippen molar-refractivity contribution in [2.75, 3.05) is 5.88 Å². The minimum Gasteiger partial charge on any atom is -0.253 e. The number of aromatic nitrogens is 3. The van der Waals surface area contributed by atoms with Gasteiger partial charge in [-0.2, -0.15) is 5.10 Å². The molecule has 3 nitrogen and oxygen atoms in total. The number of halogens is 1. The van der Waals surface area contributed by atoms with Crippen LogP contribution in [0, 0.1) is 11.3 Å². The molecule has 1 atom stereocenters. The number of nitrogens with zero attached hydrogens (tertiary/aromatic N) is 3. The summed E-state index contributed by atoms with van der Waals surface area (Å²) < 4.78 is 1.81. The summed E-state index contributed by atoms with van der Waals surface area (Å²) in [5.74, 6) is 2.11. The molecule has 0 radical (unpaired) electrons. The monoisotopic (exact) mass is 215 g/mol. The van der Waals surface area contributed by atoms with Gasteiger partial charge in [-0.1, -0.05) is 20.8 Å². The Bertz CT molecular complexity index is 288. The van der Waals surface area contributed by atoms with Gasteiger partial charge in [-0.3, -0.25) is 4.68 Å². The van der Waals surface area contributed by atoms with Crippen LogP contribution in [0.1, 0.15) is 26.6 Å². The predicted octanol–water partition coefficient (Wildman–Crippen LogP) is 2.26. The molecule has 0 aliphatic heterocycles. The lowest BCUT2D eigenvalue weighted by Gasteiger charge is -2.28. The zero-order valence-corrected chi connectivity index (χ0v) is 10.0. The molecule has 0 aliphatic carbocycles. The molecule has 0 N–H and O–H groups in total. The third kappa shape index (κ3) is 2.71. The second kappa shape index (κ2) is 4.30. The highest BCUT2D eigenvalue weighted by atomic mass is 35.5. The van der Waals surface area contributed by atoms with Crippen molar-refractivity contribution >= 4 is 11.6 Å². The summed E-state index contributed by atoms with van der Waals surface area (Å²) in [7, 11) is 1.91. The number of hydrogen-bond acceptors (Lipinski definition) is 2. The van der Waals surface area contributed by atoms with E-state index in [-0.39, 0.29) is 5.41 Å². The van der Waals surface area contributed by atoms with Crippen molar-refractivity contribution < 1.29 is 0 Å². The van der Waals surface area contributed by atoms with Gasteiger partial charge in [-0.05, 0) is 11.3 Å². The smallest absolute Gasteiger partial charge is 0.138 e. The highest BCUT2D eigenvalue weighted by molar-refractivity contribution is 6.18. The van der Waals surface area contributed by atoms with Crippen molar-refractivity contribution in [3.05, 3.63) is 12.2 Å². The summed E-state index contributed by atoms with van der Waals surface area (Å²) in [5, 5.41) is 4.05. The molecule has 0 aromatic carbocycles. The Balaban J connectivity index is 2.71. The first-order valence-corrected chi connectivity index (χ1v) is 5.37. The lowest BCUT2D eigenvalue weighted by Crippen LogP contribution is -2.25. The van der Waals surface area contributed by atoms with Gasteiger partial charge in [-0.15, -0.1) is 11.6 Å². The normalized spacial score (nSPS) is 14.4. The van der Waals surface area contributed by atoms with Gasteiger partial charge in [-0.25, -0.2) is 4.98 Å². The van der Waals surface area contributed by atoms with Crippen LogP contribution < -0.4 is 0 Å². The molecule has 0 spiro atoms. The molecule has 1 aromatic heterocycles. The molecule has 0 saturated heterocycles. The fraction of sp³-hybridized carbons (Fsp3) is 0.800. The molecule has 1 heterocycles. The number of rotatable bonds is 3. The maximum Gasteiger partial charge on any atom is 0.138 e. The van der Waals surface area contributed by atoms with E-state index in [2.05, 4.69) is 30.9 Å². The van der Waals surface area contributed by atoms with Crippen LogP contribution in [0.4, 0.5) is 0 Å². The fourth-order valence-corrected chi connectivity index (χ4v) is 1.89. The standard InChI is InChI=1S/C10H18ClN3/c1-10(2,3)8(6-11)5-9-12-7-13-14(9)4/h7-8H,5-6H2,1-4H3. The molecular weight excluding hydrogens is 198 g/mol. The molecule has 80 valence electrons. The van der Waals surface area contributed by atoms with Crippen LogP contribution in [0.2, 0.25) is 0 Å². The third-order valence-corrected chi connectivity index (χ3v) is 3.02. The SMILES string of the molecule is Cn1ncnc1CC(CCl)C(C)(C)C. The Morgan fingerprint density at radius 3 is 2.50 bits per heavy atom. The Kier molecular flexibility index (Phi) is 3.53. The molecule has 1 aromatic rings. The van der Waals surface area contributed by atoms with Crippen molar-refractivity contribution in [1.29, 1.82) is 0 Å². The van der Waals surface area contributed by atoms with Gasteiger partial charge in [0.05, 0.1) is 0 Å². The van der Waals surface area contributed by atoms with Crippen molar-refractivity contribution in [2.24, 2.45) is 18.4 Å². The third-order valence-electron chi connectivity index (χ3n) is 2.65. The highest BCUT2D eigenvalue weighted by Crippen LogP contribution is 2.29. The van der Waals surface area contributed by atoms with Gasteiger partial charge < -0.3 is 0 Å². The lowest BCUT2D eigenvalue weighted by molar-refractivity contribution is 0.258. The second-order valence-electron chi connectivity index (χ2n) is 4.72. The highest BCUT2D eigenvalue weighted by Gasteiger charge is 2.25. The molecule has 4 heteroatoms. The molecular formula is C10H18ClN3. The van der Waals surface area contributed by atoms with Gasteiger partial charge >= 0.3 is 0 Å². The van der Waals surface area contributed by atoms with Crippen LogP contribution >= 0.6 is 11.6 Å². The van der Waals surface area contributed by atoms with Crippen LogP contribution in [-0.2, 0) is 13.5 Å². The largest absolute Gasteiger partial charge is 0.253 e. The molecule has 0 fully saturated rings. The number of aryl methyl sites for hydroxylation is 1. The number of alkyl halides is 1. The van der Waals surface area contributed by atoms with E-state index in [0.29, 0.717) is 11.8 Å². The van der Waals surface area contributed by atoms with Crippen molar-refractivity contribution in [3.63, 3.8) is 0 Å². The molecule has 14 heavy (non-hydrogen) atoms. The minimum absolute atomic E-state index is 0.216. The summed E-state index contributed by atoms with van der Waals surface area (Å²) in [6.45, 7) is 6.61. The molecule has 0 amide bonds. The average Bonchev–Trinajstić information content (AvgIpc) is 2.45. The maximum absolute atomic E-state index is 5.96. The molecule has 0 saturated carbocycles. The van der Waals surface area contributed by atoms with E-state index in [9.17, 15) is 0 Å². The quantitative estimate of drug-likeness (QED) is 0.725. The number of hydrogen-bond donors (Lipinski definition) is 0. The van der Waals surface area contributed by atoms with Gasteiger partial charge in [0.1, 0.15) is 12.2 Å². The predicted molar refractivity (Wildman–Crippen MR) is 58.4 cm³/mol. The molecule has 0 aliphatic rings. The maximum atomic E-state index is 5.96. The lowest BCUT2D eigenvalue weighted by atomic mass is 9.80. The topological polar surface area (TPSA) is 30.7 Å². The Hall–Kier alpha value is -0.570. The molecule has 0 bridgehead atoms. The van der Waals surface area contributed by atoms with Gasteiger partial charge in [0.15, 0.2) is 0 Å². The minimum atomic E-state index is 0.216. The van der Waals surface area contributed by atoms with Gasteiger partial charge in [0, 0.05) is 19.3 Å². The van der Waals surface area contributed by atoms with E-state index in [1.807, 2.05) is 11.7 Å². The summed E-state index contributed by atoms with van der Waals surface area (Å²) in [6, 6.07) is 0. The van der Waals surface area contributed by atoms with E-state index in [1.54, 1.807) is 6.33 Å². The summed E-state index contributed by atoms with van der Waals surface area (Å²) >= 11 is 5.96. The van der Waals surface area contributed by atoms with Crippen LogP contribution in [0.15, 0.2) is 6.33 Å². The molecule has 1 rings (SSSR count). The first kappa shape index (κ1) is 11.5. The van der Waals surface area contributed by atoms with Gasteiger partial charge in [0.2, 0.25) is 0 Å². The Morgan fingerprint density at radius 2 is 2.14 bits per heavy atom. The molecule has 1 unspecified atom stereocenters. The van der Waals surface area contributed by atoms with Crippen LogP contribution in [0.5, 0.6) is 0 Å². The fourth-order valence-electron chi connectivity index (χ4n) is 1.32.